The highest BCUT2D eigenvalue weighted by Crippen LogP contribution is 2.32. The van der Waals surface area contributed by atoms with Gasteiger partial charge in [-0.1, -0.05) is 19.6 Å². The van der Waals surface area contributed by atoms with Crippen molar-refractivity contribution in [3.05, 3.63) is 30.2 Å². The summed E-state index contributed by atoms with van der Waals surface area (Å²) in [5.41, 5.74) is 1.49. The Hall–Kier alpha value is -3.42. The lowest BCUT2D eigenvalue weighted by molar-refractivity contribution is -0.117. The summed E-state index contributed by atoms with van der Waals surface area (Å²) < 4.78 is 18.2. The SMILES string of the molecule is COC(=O)Nc1ccc2c(c1)NC(=O)CN(C)CCC(NC(=O)OC(C)(C)C)c1nc-2cn1COCC[Si](C)(C)C. The largest absolute Gasteiger partial charge is 0.453 e. The van der Waals surface area contributed by atoms with Gasteiger partial charge in [-0.3, -0.25) is 15.0 Å². The Balaban J connectivity index is 2.06. The molecule has 0 aliphatic carbocycles. The molecule has 1 atom stereocenters. The van der Waals surface area contributed by atoms with E-state index in [-0.39, 0.29) is 19.2 Å². The number of hydrogen-bond donors (Lipinski definition) is 3. The predicted molar refractivity (Wildman–Crippen MR) is 161 cm³/mol. The molecule has 3 amide bonds. The molecule has 2 aromatic rings. The van der Waals surface area contributed by atoms with Crippen LogP contribution in [0.4, 0.5) is 21.0 Å². The summed E-state index contributed by atoms with van der Waals surface area (Å²) in [5, 5.41) is 8.58. The van der Waals surface area contributed by atoms with Crippen LogP contribution in [0.25, 0.3) is 11.3 Å². The monoisotopic (exact) mass is 588 g/mol. The maximum atomic E-state index is 13.0. The fourth-order valence-electron chi connectivity index (χ4n) is 4.18. The summed E-state index contributed by atoms with van der Waals surface area (Å²) >= 11 is 0. The molecule has 1 aliphatic rings. The Morgan fingerprint density at radius 3 is 2.59 bits per heavy atom. The van der Waals surface area contributed by atoms with E-state index in [2.05, 4.69) is 35.6 Å². The van der Waals surface area contributed by atoms with Crippen molar-refractivity contribution in [2.45, 2.75) is 71.3 Å². The van der Waals surface area contributed by atoms with Crippen LogP contribution in [0.5, 0.6) is 0 Å². The van der Waals surface area contributed by atoms with Crippen LogP contribution in [0.1, 0.15) is 39.1 Å². The minimum Gasteiger partial charge on any atom is -0.453 e. The number of methoxy groups -OCH3 is 1. The smallest absolute Gasteiger partial charge is 0.411 e. The molecule has 0 saturated heterocycles. The van der Waals surface area contributed by atoms with E-state index in [1.54, 1.807) is 18.2 Å². The predicted octanol–water partition coefficient (Wildman–Crippen LogP) is 4.88. The van der Waals surface area contributed by atoms with Gasteiger partial charge < -0.3 is 29.4 Å². The number of anilines is 2. The van der Waals surface area contributed by atoms with Crippen molar-refractivity contribution >= 4 is 37.5 Å². The molecule has 0 saturated carbocycles. The number of imidazole rings is 1. The van der Waals surface area contributed by atoms with Crippen LogP contribution in [-0.4, -0.2) is 80.1 Å². The topological polar surface area (TPSA) is 136 Å². The number of ether oxygens (including phenoxy) is 3. The molecule has 1 aromatic carbocycles. The standard InChI is InChI=1S/C28H44N6O6Si/c1-28(2,3)40-27(37)32-21-11-12-33(4)17-24(35)30-22-15-19(29-26(36)38-5)9-10-20(22)23-16-34(25(21)31-23)18-39-13-14-41(6,7)8/h9-10,15-16,21H,11-14,17-18H2,1-8H3,(H,29,36)(H,30,35)(H,32,37). The molecule has 3 rings (SSSR count). The third-order valence-corrected chi connectivity index (χ3v) is 7.96. The van der Waals surface area contributed by atoms with Gasteiger partial charge in [-0.2, -0.15) is 0 Å². The molecule has 3 N–H and O–H groups in total. The number of nitrogens with one attached hydrogen (secondary N) is 3. The van der Waals surface area contributed by atoms with Gasteiger partial charge in [0.05, 0.1) is 31.1 Å². The molecule has 41 heavy (non-hydrogen) atoms. The number of fused-ring (bicyclic) bond motifs is 4. The number of nitrogens with zero attached hydrogens (tertiary/aromatic N) is 3. The molecular weight excluding hydrogens is 544 g/mol. The third-order valence-electron chi connectivity index (χ3n) is 6.25. The molecular formula is C28H44N6O6Si. The van der Waals surface area contributed by atoms with Crippen molar-refractivity contribution in [3.8, 4) is 11.3 Å². The van der Waals surface area contributed by atoms with Gasteiger partial charge in [-0.15, -0.1) is 0 Å². The van der Waals surface area contributed by atoms with E-state index in [1.807, 2.05) is 43.5 Å². The van der Waals surface area contributed by atoms with Crippen molar-refractivity contribution in [1.82, 2.24) is 19.8 Å². The zero-order valence-corrected chi connectivity index (χ0v) is 26.4. The van der Waals surface area contributed by atoms with Crippen molar-refractivity contribution in [1.29, 1.82) is 0 Å². The quantitative estimate of drug-likeness (QED) is 0.308. The summed E-state index contributed by atoms with van der Waals surface area (Å²) in [4.78, 5) is 44.4. The van der Waals surface area contributed by atoms with Crippen molar-refractivity contribution < 1.29 is 28.6 Å². The van der Waals surface area contributed by atoms with E-state index in [0.29, 0.717) is 48.0 Å². The summed E-state index contributed by atoms with van der Waals surface area (Å²) in [5.74, 6) is 0.386. The van der Waals surface area contributed by atoms with Crippen molar-refractivity contribution in [2.75, 3.05) is 44.5 Å². The molecule has 0 spiro atoms. The molecule has 2 heterocycles. The minimum absolute atomic E-state index is 0.127. The lowest BCUT2D eigenvalue weighted by Crippen LogP contribution is -2.38. The van der Waals surface area contributed by atoms with Crippen LogP contribution < -0.4 is 16.0 Å². The number of aromatic nitrogens is 2. The van der Waals surface area contributed by atoms with Gasteiger partial charge in [-0.25, -0.2) is 14.6 Å². The van der Waals surface area contributed by atoms with Gasteiger partial charge in [0.25, 0.3) is 0 Å². The summed E-state index contributed by atoms with van der Waals surface area (Å²) in [6.07, 6.45) is 1.17. The summed E-state index contributed by atoms with van der Waals surface area (Å²) in [6, 6.07) is 5.65. The summed E-state index contributed by atoms with van der Waals surface area (Å²) in [6.45, 7) is 13.8. The highest BCUT2D eigenvalue weighted by molar-refractivity contribution is 6.76. The first-order valence-electron chi connectivity index (χ1n) is 13.8. The number of amides is 3. The molecule has 1 aliphatic heterocycles. The normalized spacial score (nSPS) is 16.5. The summed E-state index contributed by atoms with van der Waals surface area (Å²) in [7, 11) is 1.83. The first-order chi connectivity index (χ1) is 19.1. The van der Waals surface area contributed by atoms with Crippen LogP contribution in [-0.2, 0) is 25.7 Å². The van der Waals surface area contributed by atoms with Crippen LogP contribution in [0.3, 0.4) is 0 Å². The fraction of sp³-hybridized carbons (Fsp3) is 0.571. The third kappa shape index (κ3) is 10.2. The van der Waals surface area contributed by atoms with Crippen molar-refractivity contribution in [2.24, 2.45) is 0 Å². The molecule has 226 valence electrons. The lowest BCUT2D eigenvalue weighted by atomic mass is 10.1. The van der Waals surface area contributed by atoms with Gasteiger partial charge >= 0.3 is 12.2 Å². The average Bonchev–Trinajstić information content (AvgIpc) is 3.26. The van der Waals surface area contributed by atoms with Gasteiger partial charge in [0.1, 0.15) is 18.2 Å². The fourth-order valence-corrected chi connectivity index (χ4v) is 4.94. The van der Waals surface area contributed by atoms with Crippen LogP contribution >= 0.6 is 0 Å². The molecule has 2 bridgehead atoms. The van der Waals surface area contributed by atoms with E-state index in [9.17, 15) is 14.4 Å². The number of alkyl carbamates (subject to hydrolysis) is 1. The van der Waals surface area contributed by atoms with Gasteiger partial charge in [0, 0.05) is 38.7 Å². The van der Waals surface area contributed by atoms with Gasteiger partial charge in [-0.05, 0) is 58.5 Å². The maximum absolute atomic E-state index is 13.0. The van der Waals surface area contributed by atoms with E-state index >= 15 is 0 Å². The second kappa shape index (κ2) is 13.5. The van der Waals surface area contributed by atoms with E-state index in [0.717, 1.165) is 6.04 Å². The molecule has 1 aromatic heterocycles. The van der Waals surface area contributed by atoms with Crippen molar-refractivity contribution in [3.63, 3.8) is 0 Å². The molecule has 1 unspecified atom stereocenters. The minimum atomic E-state index is -1.29. The number of likely N-dealkylation sites (N-methyl/N-ethyl adjacent to an activating group) is 1. The number of carbonyl (C=O) groups is 3. The Labute approximate surface area is 243 Å². The number of benzene rings is 1. The van der Waals surface area contributed by atoms with Gasteiger partial charge in [0.15, 0.2) is 0 Å². The van der Waals surface area contributed by atoms with Crippen LogP contribution in [0, 0.1) is 0 Å². The van der Waals surface area contributed by atoms with E-state index in [1.165, 1.54) is 7.11 Å². The maximum Gasteiger partial charge on any atom is 0.411 e. The second-order valence-corrected chi connectivity index (χ2v) is 18.1. The number of hydrogen-bond acceptors (Lipinski definition) is 8. The Bertz CT molecular complexity index is 1240. The first kappa shape index (κ1) is 32.1. The highest BCUT2D eigenvalue weighted by Gasteiger charge is 2.27. The van der Waals surface area contributed by atoms with Crippen LogP contribution in [0.15, 0.2) is 24.4 Å². The molecule has 0 fully saturated rings. The molecule has 13 heteroatoms. The second-order valence-electron chi connectivity index (χ2n) is 12.5. The molecule has 0 radical (unpaired) electrons. The zero-order chi connectivity index (χ0) is 30.4. The van der Waals surface area contributed by atoms with Gasteiger partial charge in [0.2, 0.25) is 5.91 Å². The van der Waals surface area contributed by atoms with Crippen LogP contribution in [0.2, 0.25) is 25.7 Å². The highest BCUT2D eigenvalue weighted by atomic mass is 28.3. The number of carbonyl (C=O) groups excluding carboxylic acids is 3. The Kier molecular flexibility index (Phi) is 10.6. The lowest BCUT2D eigenvalue weighted by Gasteiger charge is -2.26. The molecule has 12 nitrogen and oxygen atoms in total. The zero-order valence-electron chi connectivity index (χ0n) is 25.4. The number of rotatable bonds is 7. The Morgan fingerprint density at radius 1 is 1.20 bits per heavy atom. The first-order valence-corrected chi connectivity index (χ1v) is 17.5. The Morgan fingerprint density at radius 2 is 1.93 bits per heavy atom. The van der Waals surface area contributed by atoms with E-state index < -0.39 is 31.9 Å². The van der Waals surface area contributed by atoms with E-state index in [4.69, 9.17) is 19.2 Å². The average molecular weight is 589 g/mol.